The number of carboxylic acids is 2. The normalized spacial score (nSPS) is 4.55. The zero-order valence-corrected chi connectivity index (χ0v) is 12.4. The van der Waals surface area contributed by atoms with E-state index in [4.69, 9.17) is 19.8 Å². The van der Waals surface area contributed by atoms with E-state index in [1.54, 1.807) is 0 Å². The van der Waals surface area contributed by atoms with Gasteiger partial charge in [-0.25, -0.2) is 0 Å². The Balaban J connectivity index is -0.0000000171. The van der Waals surface area contributed by atoms with Gasteiger partial charge >= 0.3 is 83.5 Å². The molecule has 0 aliphatic carbocycles. The van der Waals surface area contributed by atoms with Crippen molar-refractivity contribution in [2.45, 2.75) is 13.8 Å². The Bertz CT molecular complexity index is 74.5. The van der Waals surface area contributed by atoms with E-state index in [2.05, 4.69) is 0 Å². The SMILES string of the molecule is CC(=O)[O-].CC(=O)[O-].O.[Ce+3].[Ce+3]. The molecule has 0 rings (SSSR count). The number of rotatable bonds is 0. The third-order valence-electron chi connectivity index (χ3n) is 0. The Hall–Kier alpha value is 1.65. The molecular weight excluding hydrogens is 408 g/mol. The van der Waals surface area contributed by atoms with Crippen molar-refractivity contribution in [1.82, 2.24) is 0 Å². The molecule has 11 heavy (non-hydrogen) atoms. The molecule has 0 amide bonds. The van der Waals surface area contributed by atoms with Crippen molar-refractivity contribution in [3.63, 3.8) is 0 Å². The second-order valence-corrected chi connectivity index (χ2v) is 0.983. The van der Waals surface area contributed by atoms with Gasteiger partial charge in [0.2, 0.25) is 0 Å². The molecule has 0 aliphatic heterocycles. The van der Waals surface area contributed by atoms with Gasteiger partial charge in [0.1, 0.15) is 0 Å². The summed E-state index contributed by atoms with van der Waals surface area (Å²) in [6.07, 6.45) is 0. The van der Waals surface area contributed by atoms with Crippen molar-refractivity contribution < 1.29 is 109 Å². The van der Waals surface area contributed by atoms with Crippen LogP contribution in [0.25, 0.3) is 0 Å². The molecule has 7 heteroatoms. The molecular formula is C4H8Ce2O5+4. The van der Waals surface area contributed by atoms with Gasteiger partial charge in [-0.1, -0.05) is 0 Å². The second-order valence-electron chi connectivity index (χ2n) is 0.983. The Labute approximate surface area is 132 Å². The third-order valence-corrected chi connectivity index (χ3v) is 0. The van der Waals surface area contributed by atoms with Gasteiger partial charge in [-0.2, -0.15) is 0 Å². The summed E-state index contributed by atoms with van der Waals surface area (Å²) < 4.78 is 0. The molecule has 0 atom stereocenters. The van der Waals surface area contributed by atoms with Crippen molar-refractivity contribution in [2.24, 2.45) is 0 Å². The summed E-state index contributed by atoms with van der Waals surface area (Å²) in [6.45, 7) is 1.94. The molecule has 0 fully saturated rings. The molecule has 0 unspecified atom stereocenters. The van der Waals surface area contributed by atoms with Crippen LogP contribution in [0.3, 0.4) is 0 Å². The maximum absolute atomic E-state index is 8.89. The van der Waals surface area contributed by atoms with Gasteiger partial charge in [-0.15, -0.1) is 0 Å². The molecule has 0 aromatic rings. The smallest absolute Gasteiger partial charge is 0.550 e. The van der Waals surface area contributed by atoms with Gasteiger partial charge in [-0.05, 0) is 13.8 Å². The Kier molecular flexibility index (Phi) is 60.2. The fourth-order valence-corrected chi connectivity index (χ4v) is 0. The van der Waals surface area contributed by atoms with E-state index in [1.165, 1.54) is 0 Å². The van der Waals surface area contributed by atoms with Crippen LogP contribution in [0, 0.1) is 83.5 Å². The Morgan fingerprint density at radius 1 is 0.909 bits per heavy atom. The number of carbonyl (C=O) groups excluding carboxylic acids is 2. The second kappa shape index (κ2) is 22.6. The number of carbonyl (C=O) groups is 2. The first-order valence-electron chi connectivity index (χ1n) is 1.82. The van der Waals surface area contributed by atoms with Gasteiger partial charge in [0, 0.05) is 11.9 Å². The molecule has 0 spiro atoms. The van der Waals surface area contributed by atoms with Gasteiger partial charge in [0.15, 0.2) is 0 Å². The van der Waals surface area contributed by atoms with Crippen LogP contribution in [0.4, 0.5) is 0 Å². The molecule has 0 saturated heterocycles. The van der Waals surface area contributed by atoms with Crippen LogP contribution >= 0.6 is 0 Å². The van der Waals surface area contributed by atoms with E-state index >= 15 is 0 Å². The van der Waals surface area contributed by atoms with E-state index in [0.717, 1.165) is 13.8 Å². The summed E-state index contributed by atoms with van der Waals surface area (Å²) >= 11 is 0. The molecule has 5 nitrogen and oxygen atoms in total. The van der Waals surface area contributed by atoms with E-state index in [-0.39, 0.29) is 89.0 Å². The molecule has 2 radical (unpaired) electrons. The molecule has 0 aromatic carbocycles. The summed E-state index contributed by atoms with van der Waals surface area (Å²) in [6, 6.07) is 0. The molecule has 0 bridgehead atoms. The van der Waals surface area contributed by atoms with Crippen LogP contribution in [0.1, 0.15) is 13.8 Å². The first-order valence-corrected chi connectivity index (χ1v) is 1.82. The van der Waals surface area contributed by atoms with Gasteiger partial charge < -0.3 is 25.3 Å². The van der Waals surface area contributed by atoms with Crippen molar-refractivity contribution in [1.29, 1.82) is 0 Å². The quantitative estimate of drug-likeness (QED) is 0.412. The summed E-state index contributed by atoms with van der Waals surface area (Å²) in [5.41, 5.74) is 0. The van der Waals surface area contributed by atoms with Gasteiger partial charge in [-0.3, -0.25) is 0 Å². The van der Waals surface area contributed by atoms with E-state index in [0.29, 0.717) is 0 Å². The predicted octanol–water partition coefficient (Wildman–Crippen LogP) is -3.31. The molecule has 0 saturated carbocycles. The Morgan fingerprint density at radius 2 is 0.909 bits per heavy atom. The van der Waals surface area contributed by atoms with E-state index in [9.17, 15) is 0 Å². The van der Waals surface area contributed by atoms with Crippen LogP contribution in [-0.2, 0) is 9.59 Å². The molecule has 0 aliphatic rings. The zero-order valence-electron chi connectivity index (χ0n) is 6.13. The van der Waals surface area contributed by atoms with E-state index in [1.807, 2.05) is 0 Å². The summed E-state index contributed by atoms with van der Waals surface area (Å²) in [7, 11) is 0. The molecule has 0 heterocycles. The fraction of sp³-hybridized carbons (Fsp3) is 0.500. The minimum atomic E-state index is -1.08. The van der Waals surface area contributed by atoms with E-state index < -0.39 is 11.9 Å². The molecule has 58 valence electrons. The molecule has 0 aromatic heterocycles. The summed E-state index contributed by atoms with van der Waals surface area (Å²) in [4.78, 5) is 17.8. The van der Waals surface area contributed by atoms with Crippen molar-refractivity contribution in [3.8, 4) is 0 Å². The van der Waals surface area contributed by atoms with Crippen molar-refractivity contribution in [2.75, 3.05) is 0 Å². The minimum absolute atomic E-state index is 0. The minimum Gasteiger partial charge on any atom is -0.550 e. The fourth-order valence-electron chi connectivity index (χ4n) is 0. The standard InChI is InChI=1S/2C2H4O2.2Ce.H2O/c2*1-2(3)4;;;/h2*1H3,(H,3,4);;;1H2/q;;2*+3;/p-2. The van der Waals surface area contributed by atoms with Crippen molar-refractivity contribution >= 4 is 11.9 Å². The maximum atomic E-state index is 8.89. The van der Waals surface area contributed by atoms with Crippen LogP contribution in [0.5, 0.6) is 0 Å². The summed E-state index contributed by atoms with van der Waals surface area (Å²) in [5, 5.41) is 17.8. The number of carboxylic acid groups (broad SMARTS) is 2. The monoisotopic (exact) mass is 416 g/mol. The largest absolute Gasteiger partial charge is 3.00 e. The third kappa shape index (κ3) is 397. The zero-order chi connectivity index (χ0) is 7.15. The topological polar surface area (TPSA) is 112 Å². The average Bonchev–Trinajstić information content (AvgIpc) is 1.25. The predicted molar refractivity (Wildman–Crippen MR) is 25.0 cm³/mol. The first-order chi connectivity index (χ1) is 3.46. The maximum Gasteiger partial charge on any atom is 3.00 e. The summed E-state index contributed by atoms with van der Waals surface area (Å²) in [5.74, 6) is -2.17. The van der Waals surface area contributed by atoms with Crippen molar-refractivity contribution in [3.05, 3.63) is 0 Å². The van der Waals surface area contributed by atoms with Crippen LogP contribution in [-0.4, -0.2) is 17.4 Å². The average molecular weight is 416 g/mol. The van der Waals surface area contributed by atoms with Crippen LogP contribution in [0.2, 0.25) is 0 Å². The first kappa shape index (κ1) is 29.3. The van der Waals surface area contributed by atoms with Crippen LogP contribution in [0.15, 0.2) is 0 Å². The number of hydrogen-bond acceptors (Lipinski definition) is 4. The number of hydrogen-bond donors (Lipinski definition) is 0. The Morgan fingerprint density at radius 3 is 0.909 bits per heavy atom. The van der Waals surface area contributed by atoms with Crippen LogP contribution < -0.4 is 10.2 Å². The van der Waals surface area contributed by atoms with Gasteiger partial charge in [0.05, 0.1) is 0 Å². The van der Waals surface area contributed by atoms with Gasteiger partial charge in [0.25, 0.3) is 0 Å². The number of aliphatic carboxylic acids is 2. The molecule has 2 N–H and O–H groups in total.